The number of aryl methyl sites for hydroxylation is 1. The van der Waals surface area contributed by atoms with E-state index in [-0.39, 0.29) is 5.91 Å². The van der Waals surface area contributed by atoms with Gasteiger partial charge in [-0.3, -0.25) is 14.6 Å². The molecule has 1 atom stereocenters. The molecule has 5 nitrogen and oxygen atoms in total. The molecule has 2 aliphatic heterocycles. The molecule has 1 unspecified atom stereocenters. The van der Waals surface area contributed by atoms with Crippen molar-refractivity contribution < 1.29 is 4.79 Å². The lowest BCUT2D eigenvalue weighted by Crippen LogP contribution is -2.49. The molecule has 5 heteroatoms. The Hall–Kier alpha value is -1.43. The van der Waals surface area contributed by atoms with Crippen molar-refractivity contribution in [2.75, 3.05) is 51.1 Å². The number of benzene rings is 1. The number of amides is 1. The summed E-state index contributed by atoms with van der Waals surface area (Å²) in [5.74, 6) is 0.0878. The van der Waals surface area contributed by atoms with Crippen molar-refractivity contribution in [3.05, 3.63) is 29.8 Å². The van der Waals surface area contributed by atoms with Crippen LogP contribution in [0.15, 0.2) is 24.3 Å². The van der Waals surface area contributed by atoms with Crippen molar-refractivity contribution >= 4 is 11.6 Å². The quantitative estimate of drug-likeness (QED) is 0.868. The van der Waals surface area contributed by atoms with Crippen LogP contribution in [-0.4, -0.2) is 67.6 Å². The molecule has 0 aromatic heterocycles. The molecule has 1 amide bonds. The van der Waals surface area contributed by atoms with Gasteiger partial charge in [0, 0.05) is 51.0 Å². The number of nitrogens with zero attached hydrogens (tertiary/aromatic N) is 2. The lowest BCUT2D eigenvalue weighted by atomic mass is 10.2. The molecule has 0 radical (unpaired) electrons. The fourth-order valence-corrected chi connectivity index (χ4v) is 3.34. The molecule has 1 aromatic carbocycles. The number of piperazine rings is 1. The number of hydrogen-bond donors (Lipinski definition) is 2. The number of carbonyl (C=O) groups is 1. The van der Waals surface area contributed by atoms with Gasteiger partial charge in [-0.2, -0.15) is 0 Å². The topological polar surface area (TPSA) is 47.6 Å². The normalized spacial score (nSPS) is 23.6. The smallest absolute Gasteiger partial charge is 0.238 e. The van der Waals surface area contributed by atoms with Crippen LogP contribution < -0.4 is 10.6 Å². The third-order valence-electron chi connectivity index (χ3n) is 4.62. The molecule has 2 N–H and O–H groups in total. The summed E-state index contributed by atoms with van der Waals surface area (Å²) in [5.41, 5.74) is 2.09. The van der Waals surface area contributed by atoms with E-state index in [2.05, 4.69) is 20.4 Å². The zero-order valence-electron chi connectivity index (χ0n) is 13.3. The second-order valence-corrected chi connectivity index (χ2v) is 6.38. The minimum absolute atomic E-state index is 0.0878. The summed E-state index contributed by atoms with van der Waals surface area (Å²) in [5, 5.41) is 6.38. The minimum Gasteiger partial charge on any atom is -0.325 e. The fourth-order valence-electron chi connectivity index (χ4n) is 3.34. The van der Waals surface area contributed by atoms with Crippen molar-refractivity contribution in [2.24, 2.45) is 0 Å². The summed E-state index contributed by atoms with van der Waals surface area (Å²) in [7, 11) is 0. The highest BCUT2D eigenvalue weighted by Crippen LogP contribution is 2.16. The molecule has 1 aromatic rings. The van der Waals surface area contributed by atoms with Crippen LogP contribution in [0.4, 0.5) is 5.69 Å². The Bertz CT molecular complexity index is 496. The highest BCUT2D eigenvalue weighted by Gasteiger charge is 2.29. The van der Waals surface area contributed by atoms with Crippen LogP contribution in [0.25, 0.3) is 0 Å². The van der Waals surface area contributed by atoms with Gasteiger partial charge in [-0.25, -0.2) is 0 Å². The van der Waals surface area contributed by atoms with Crippen LogP contribution in [0.2, 0.25) is 0 Å². The fraction of sp³-hybridized carbons (Fsp3) is 0.588. The first-order valence-corrected chi connectivity index (χ1v) is 8.24. The van der Waals surface area contributed by atoms with Crippen molar-refractivity contribution in [3.63, 3.8) is 0 Å². The highest BCUT2D eigenvalue weighted by molar-refractivity contribution is 5.92. The van der Waals surface area contributed by atoms with Crippen LogP contribution in [0.1, 0.15) is 12.0 Å². The molecular formula is C17H26N4O. The molecule has 0 aliphatic carbocycles. The van der Waals surface area contributed by atoms with E-state index < -0.39 is 0 Å². The molecule has 0 bridgehead atoms. The standard InChI is InChI=1S/C17H26N4O/c1-14-2-4-15(5-3-14)19-17(22)13-20-9-6-16(12-20)21-10-7-18-8-11-21/h2-5,16,18H,6-13H2,1H3,(H,19,22). The zero-order chi connectivity index (χ0) is 15.4. The molecule has 2 fully saturated rings. The maximum atomic E-state index is 12.2. The van der Waals surface area contributed by atoms with E-state index >= 15 is 0 Å². The summed E-state index contributed by atoms with van der Waals surface area (Å²) in [6, 6.07) is 8.58. The Morgan fingerprint density at radius 2 is 1.95 bits per heavy atom. The van der Waals surface area contributed by atoms with Crippen molar-refractivity contribution in [1.82, 2.24) is 15.1 Å². The summed E-state index contributed by atoms with van der Waals surface area (Å²) >= 11 is 0. The molecule has 2 aliphatic rings. The zero-order valence-corrected chi connectivity index (χ0v) is 13.3. The average Bonchev–Trinajstić information content (AvgIpc) is 2.99. The third-order valence-corrected chi connectivity index (χ3v) is 4.62. The summed E-state index contributed by atoms with van der Waals surface area (Å²) < 4.78 is 0. The second kappa shape index (κ2) is 7.22. The van der Waals surface area contributed by atoms with Gasteiger partial charge in [0.1, 0.15) is 0 Å². The number of rotatable bonds is 4. The lowest BCUT2D eigenvalue weighted by molar-refractivity contribution is -0.117. The molecule has 22 heavy (non-hydrogen) atoms. The van der Waals surface area contributed by atoms with Gasteiger partial charge >= 0.3 is 0 Å². The van der Waals surface area contributed by atoms with Gasteiger partial charge in [-0.1, -0.05) is 17.7 Å². The summed E-state index contributed by atoms with van der Waals surface area (Å²) in [6.07, 6.45) is 1.18. The highest BCUT2D eigenvalue weighted by atomic mass is 16.2. The van der Waals surface area contributed by atoms with Crippen LogP contribution in [0, 0.1) is 6.92 Å². The first-order chi connectivity index (χ1) is 10.7. The summed E-state index contributed by atoms with van der Waals surface area (Å²) in [4.78, 5) is 17.0. The molecule has 2 heterocycles. The molecule has 3 rings (SSSR count). The number of anilines is 1. The number of nitrogens with one attached hydrogen (secondary N) is 2. The summed E-state index contributed by atoms with van der Waals surface area (Å²) in [6.45, 7) is 9.02. The Kier molecular flexibility index (Phi) is 5.08. The van der Waals surface area contributed by atoms with Crippen molar-refractivity contribution in [3.8, 4) is 0 Å². The number of hydrogen-bond acceptors (Lipinski definition) is 4. The van der Waals surface area contributed by atoms with Crippen LogP contribution in [0.5, 0.6) is 0 Å². The van der Waals surface area contributed by atoms with Gasteiger partial charge in [0.2, 0.25) is 5.91 Å². The van der Waals surface area contributed by atoms with Crippen molar-refractivity contribution in [1.29, 1.82) is 0 Å². The van der Waals surface area contributed by atoms with Gasteiger partial charge in [0.05, 0.1) is 6.54 Å². The van der Waals surface area contributed by atoms with E-state index in [1.165, 1.54) is 12.0 Å². The van der Waals surface area contributed by atoms with Gasteiger partial charge in [-0.05, 0) is 25.5 Å². The largest absolute Gasteiger partial charge is 0.325 e. The Morgan fingerprint density at radius 1 is 1.23 bits per heavy atom. The Morgan fingerprint density at radius 3 is 2.68 bits per heavy atom. The molecule has 0 saturated carbocycles. The van der Waals surface area contributed by atoms with Gasteiger partial charge < -0.3 is 10.6 Å². The molecule has 2 saturated heterocycles. The number of carbonyl (C=O) groups excluding carboxylic acids is 1. The predicted octanol–water partition coefficient (Wildman–Crippen LogP) is 0.913. The van der Waals surface area contributed by atoms with E-state index in [4.69, 9.17) is 0 Å². The monoisotopic (exact) mass is 302 g/mol. The number of likely N-dealkylation sites (tertiary alicyclic amines) is 1. The van der Waals surface area contributed by atoms with E-state index in [1.807, 2.05) is 31.2 Å². The predicted molar refractivity (Wildman–Crippen MR) is 89.1 cm³/mol. The third kappa shape index (κ3) is 4.06. The van der Waals surface area contributed by atoms with Gasteiger partial charge in [-0.15, -0.1) is 0 Å². The van der Waals surface area contributed by atoms with Gasteiger partial charge in [0.15, 0.2) is 0 Å². The maximum absolute atomic E-state index is 12.2. The SMILES string of the molecule is Cc1ccc(NC(=O)CN2CCC(N3CCNCC3)C2)cc1. The molecule has 0 spiro atoms. The Balaban J connectivity index is 1.45. The first kappa shape index (κ1) is 15.5. The minimum atomic E-state index is 0.0878. The maximum Gasteiger partial charge on any atom is 0.238 e. The average molecular weight is 302 g/mol. The van der Waals surface area contributed by atoms with Crippen LogP contribution >= 0.6 is 0 Å². The second-order valence-electron chi connectivity index (χ2n) is 6.38. The van der Waals surface area contributed by atoms with E-state index in [9.17, 15) is 4.79 Å². The Labute approximate surface area is 132 Å². The molecule has 120 valence electrons. The molecular weight excluding hydrogens is 276 g/mol. The lowest BCUT2D eigenvalue weighted by Gasteiger charge is -2.32. The van der Waals surface area contributed by atoms with Crippen molar-refractivity contribution in [2.45, 2.75) is 19.4 Å². The van der Waals surface area contributed by atoms with Crippen LogP contribution in [-0.2, 0) is 4.79 Å². The van der Waals surface area contributed by atoms with E-state index in [1.54, 1.807) is 0 Å². The van der Waals surface area contributed by atoms with E-state index in [0.717, 1.165) is 45.0 Å². The first-order valence-electron chi connectivity index (χ1n) is 8.24. The van der Waals surface area contributed by atoms with Gasteiger partial charge in [0.25, 0.3) is 0 Å². The van der Waals surface area contributed by atoms with E-state index in [0.29, 0.717) is 12.6 Å². The van der Waals surface area contributed by atoms with Crippen LogP contribution in [0.3, 0.4) is 0 Å².